The lowest BCUT2D eigenvalue weighted by Crippen LogP contribution is -2.24. The number of pyridine rings is 1. The number of hydrogen-bond donors (Lipinski definition) is 1. The molecular weight excluding hydrogens is 338 g/mol. The fourth-order valence-corrected chi connectivity index (χ4v) is 2.99. The molecule has 0 aliphatic carbocycles. The number of benzene rings is 1. The van der Waals surface area contributed by atoms with Crippen molar-refractivity contribution in [2.24, 2.45) is 0 Å². The van der Waals surface area contributed by atoms with E-state index in [1.807, 2.05) is 43.3 Å². The molecule has 0 atom stereocenters. The zero-order valence-electron chi connectivity index (χ0n) is 13.6. The van der Waals surface area contributed by atoms with Crippen LogP contribution in [0.1, 0.15) is 27.4 Å². The van der Waals surface area contributed by atoms with Gasteiger partial charge >= 0.3 is 0 Å². The van der Waals surface area contributed by atoms with E-state index in [0.29, 0.717) is 22.9 Å². The summed E-state index contributed by atoms with van der Waals surface area (Å²) in [5.41, 5.74) is 4.71. The molecule has 1 amide bonds. The number of rotatable bonds is 7. The number of thioether (sulfide) groups is 1. The van der Waals surface area contributed by atoms with Crippen molar-refractivity contribution in [1.82, 2.24) is 15.6 Å². The summed E-state index contributed by atoms with van der Waals surface area (Å²) >= 11 is 1.42. The number of nitrogens with zero attached hydrogens (tertiary/aromatic N) is 2. The molecule has 3 aromatic rings. The van der Waals surface area contributed by atoms with Gasteiger partial charge in [0.1, 0.15) is 10.8 Å². The summed E-state index contributed by atoms with van der Waals surface area (Å²) in [5.74, 6) is 0.992. The number of nitrogens with one attached hydrogen (secondary N) is 1. The van der Waals surface area contributed by atoms with Gasteiger partial charge in [-0.05, 0) is 24.6 Å². The van der Waals surface area contributed by atoms with Crippen molar-refractivity contribution in [1.29, 1.82) is 0 Å². The van der Waals surface area contributed by atoms with Crippen molar-refractivity contribution in [2.75, 3.05) is 0 Å². The van der Waals surface area contributed by atoms with E-state index < -0.39 is 0 Å². The highest BCUT2D eigenvalue weighted by Gasteiger charge is 2.14. The van der Waals surface area contributed by atoms with Crippen LogP contribution in [0.25, 0.3) is 0 Å². The summed E-state index contributed by atoms with van der Waals surface area (Å²) in [5, 5.41) is 4.55. The lowest BCUT2D eigenvalue weighted by atomic mass is 10.2. The number of hydrogen-bond acceptors (Lipinski definition) is 6. The topological polar surface area (TPSA) is 77.2 Å². The Morgan fingerprint density at radius 3 is 2.84 bits per heavy atom. The third-order valence-corrected chi connectivity index (χ3v) is 4.33. The van der Waals surface area contributed by atoms with Gasteiger partial charge in [0.2, 0.25) is 0 Å². The van der Waals surface area contributed by atoms with Crippen molar-refractivity contribution in [3.8, 4) is 0 Å². The third-order valence-electron chi connectivity index (χ3n) is 3.30. The predicted octanol–water partition coefficient (Wildman–Crippen LogP) is 3.53. The fourth-order valence-electron chi connectivity index (χ4n) is 2.12. The van der Waals surface area contributed by atoms with E-state index in [0.717, 1.165) is 17.0 Å². The number of aromatic nitrogens is 2. The Balaban J connectivity index is 1.58. The molecule has 0 spiro atoms. The lowest BCUT2D eigenvalue weighted by molar-refractivity contribution is 0.0230. The van der Waals surface area contributed by atoms with E-state index in [-0.39, 0.29) is 5.91 Å². The SMILES string of the molecule is Cc1cc(CSc2ncccc2C(=O)NOCc2ccccc2)no1. The average molecular weight is 355 g/mol. The Morgan fingerprint density at radius 1 is 1.24 bits per heavy atom. The predicted molar refractivity (Wildman–Crippen MR) is 93.7 cm³/mol. The van der Waals surface area contributed by atoms with Gasteiger partial charge in [0.15, 0.2) is 0 Å². The van der Waals surface area contributed by atoms with Gasteiger partial charge in [-0.25, -0.2) is 10.5 Å². The molecule has 2 aromatic heterocycles. The van der Waals surface area contributed by atoms with Crippen LogP contribution in [0.5, 0.6) is 0 Å². The highest BCUT2D eigenvalue weighted by Crippen LogP contribution is 2.24. The Hall–Kier alpha value is -2.64. The molecule has 0 aliphatic heterocycles. The van der Waals surface area contributed by atoms with Crippen LogP contribution >= 0.6 is 11.8 Å². The molecule has 0 bridgehead atoms. The summed E-state index contributed by atoms with van der Waals surface area (Å²) in [6, 6.07) is 14.9. The largest absolute Gasteiger partial charge is 0.361 e. The van der Waals surface area contributed by atoms with Gasteiger partial charge in [-0.2, -0.15) is 0 Å². The molecule has 0 saturated carbocycles. The van der Waals surface area contributed by atoms with Crippen molar-refractivity contribution in [3.05, 3.63) is 77.3 Å². The van der Waals surface area contributed by atoms with Gasteiger partial charge < -0.3 is 4.52 Å². The molecule has 3 rings (SSSR count). The number of amides is 1. The smallest absolute Gasteiger partial charge is 0.277 e. The monoisotopic (exact) mass is 355 g/mol. The van der Waals surface area contributed by atoms with Gasteiger partial charge in [-0.1, -0.05) is 47.3 Å². The molecule has 1 aromatic carbocycles. The standard InChI is InChI=1S/C18H17N3O3S/c1-13-10-15(20-24-13)12-25-18-16(8-5-9-19-18)17(22)21-23-11-14-6-3-2-4-7-14/h2-10H,11-12H2,1H3,(H,21,22). The van der Waals surface area contributed by atoms with Gasteiger partial charge in [0.05, 0.1) is 17.9 Å². The summed E-state index contributed by atoms with van der Waals surface area (Å²) in [4.78, 5) is 21.9. The van der Waals surface area contributed by atoms with Crippen LogP contribution in [-0.4, -0.2) is 16.0 Å². The van der Waals surface area contributed by atoms with Crippen molar-refractivity contribution < 1.29 is 14.2 Å². The maximum absolute atomic E-state index is 12.3. The second kappa shape index (κ2) is 8.46. The average Bonchev–Trinajstić information content (AvgIpc) is 3.06. The molecule has 25 heavy (non-hydrogen) atoms. The summed E-state index contributed by atoms with van der Waals surface area (Å²) < 4.78 is 5.04. The second-order valence-corrected chi connectivity index (χ2v) is 6.24. The first-order valence-electron chi connectivity index (χ1n) is 7.68. The molecule has 0 unspecified atom stereocenters. The zero-order valence-corrected chi connectivity index (χ0v) is 14.5. The Morgan fingerprint density at radius 2 is 2.08 bits per heavy atom. The highest BCUT2D eigenvalue weighted by molar-refractivity contribution is 7.98. The van der Waals surface area contributed by atoms with E-state index in [4.69, 9.17) is 9.36 Å². The minimum absolute atomic E-state index is 0.299. The number of aryl methyl sites for hydroxylation is 1. The van der Waals surface area contributed by atoms with Crippen LogP contribution in [-0.2, 0) is 17.2 Å². The summed E-state index contributed by atoms with van der Waals surface area (Å²) in [7, 11) is 0. The Kier molecular flexibility index (Phi) is 5.81. The second-order valence-electron chi connectivity index (χ2n) is 5.28. The van der Waals surface area contributed by atoms with Gasteiger partial charge in [-0.3, -0.25) is 9.63 Å². The Labute approximate surface area is 149 Å². The van der Waals surface area contributed by atoms with Crippen molar-refractivity contribution >= 4 is 17.7 Å². The minimum Gasteiger partial charge on any atom is -0.361 e. The first kappa shape index (κ1) is 17.2. The van der Waals surface area contributed by atoms with E-state index in [2.05, 4.69) is 15.6 Å². The molecular formula is C18H17N3O3S. The maximum Gasteiger partial charge on any atom is 0.277 e. The van der Waals surface area contributed by atoms with Crippen LogP contribution in [0.3, 0.4) is 0 Å². The minimum atomic E-state index is -0.331. The van der Waals surface area contributed by atoms with Crippen LogP contribution in [0, 0.1) is 6.92 Å². The first-order valence-corrected chi connectivity index (χ1v) is 8.67. The molecule has 0 radical (unpaired) electrons. The van der Waals surface area contributed by atoms with Crippen molar-refractivity contribution in [2.45, 2.75) is 24.3 Å². The molecule has 7 heteroatoms. The molecule has 6 nitrogen and oxygen atoms in total. The van der Waals surface area contributed by atoms with E-state index in [9.17, 15) is 4.79 Å². The summed E-state index contributed by atoms with van der Waals surface area (Å²) in [6.45, 7) is 2.14. The normalized spacial score (nSPS) is 10.6. The molecule has 2 heterocycles. The maximum atomic E-state index is 12.3. The van der Waals surface area contributed by atoms with E-state index >= 15 is 0 Å². The van der Waals surface area contributed by atoms with E-state index in [1.165, 1.54) is 11.8 Å². The van der Waals surface area contributed by atoms with Gasteiger partial charge in [-0.15, -0.1) is 0 Å². The quantitative estimate of drug-likeness (QED) is 0.516. The number of carbonyl (C=O) groups excluding carboxylic acids is 1. The molecule has 0 aliphatic rings. The van der Waals surface area contributed by atoms with Crippen LogP contribution < -0.4 is 5.48 Å². The zero-order chi connectivity index (χ0) is 17.5. The number of carbonyl (C=O) groups is 1. The van der Waals surface area contributed by atoms with Gasteiger partial charge in [0, 0.05) is 18.0 Å². The van der Waals surface area contributed by atoms with E-state index in [1.54, 1.807) is 18.3 Å². The van der Waals surface area contributed by atoms with Crippen LogP contribution in [0.4, 0.5) is 0 Å². The molecule has 128 valence electrons. The molecule has 1 N–H and O–H groups in total. The van der Waals surface area contributed by atoms with Crippen molar-refractivity contribution in [3.63, 3.8) is 0 Å². The summed E-state index contributed by atoms with van der Waals surface area (Å²) in [6.07, 6.45) is 1.65. The third kappa shape index (κ3) is 4.91. The lowest BCUT2D eigenvalue weighted by Gasteiger charge is -2.09. The van der Waals surface area contributed by atoms with Crippen LogP contribution in [0.15, 0.2) is 64.3 Å². The van der Waals surface area contributed by atoms with Gasteiger partial charge in [0.25, 0.3) is 5.91 Å². The van der Waals surface area contributed by atoms with Crippen LogP contribution in [0.2, 0.25) is 0 Å². The number of hydroxylamine groups is 1. The molecule has 0 saturated heterocycles. The highest BCUT2D eigenvalue weighted by atomic mass is 32.2. The first-order chi connectivity index (χ1) is 12.2. The fraction of sp³-hybridized carbons (Fsp3) is 0.167. The Bertz CT molecular complexity index is 836. The molecule has 0 fully saturated rings.